The third kappa shape index (κ3) is 2.64. The summed E-state index contributed by atoms with van der Waals surface area (Å²) in [6.45, 7) is 1.02. The first-order valence-corrected chi connectivity index (χ1v) is 6.19. The number of hydrogen-bond acceptors (Lipinski definition) is 4. The zero-order valence-corrected chi connectivity index (χ0v) is 10.6. The molecule has 1 aromatic carbocycles. The number of hydrogen-bond donors (Lipinski definition) is 2. The van der Waals surface area contributed by atoms with E-state index in [0.29, 0.717) is 30.3 Å². The zero-order chi connectivity index (χ0) is 13.8. The van der Waals surface area contributed by atoms with Crippen LogP contribution in [-0.2, 0) is 0 Å². The smallest absolute Gasteiger partial charge is 0.271 e. The number of ether oxygens (including phenoxy) is 2. The first-order chi connectivity index (χ1) is 9.83. The fourth-order valence-electron chi connectivity index (χ4n) is 1.83. The van der Waals surface area contributed by atoms with Crippen LogP contribution >= 0.6 is 0 Å². The number of amides is 1. The second-order valence-electron chi connectivity index (χ2n) is 4.18. The van der Waals surface area contributed by atoms with Gasteiger partial charge >= 0.3 is 0 Å². The molecule has 20 heavy (non-hydrogen) atoms. The molecule has 1 aliphatic heterocycles. The lowest BCUT2D eigenvalue weighted by Crippen LogP contribution is -2.19. The zero-order valence-electron chi connectivity index (χ0n) is 10.6. The molecule has 102 valence electrons. The Labute approximate surface area is 115 Å². The molecule has 0 atom stereocenters. The van der Waals surface area contributed by atoms with Gasteiger partial charge in [-0.3, -0.25) is 4.79 Å². The third-order valence-corrected chi connectivity index (χ3v) is 2.80. The van der Waals surface area contributed by atoms with Crippen molar-refractivity contribution >= 4 is 12.1 Å². The van der Waals surface area contributed by atoms with Gasteiger partial charge in [0.1, 0.15) is 13.2 Å². The van der Waals surface area contributed by atoms with Crippen LogP contribution in [0.1, 0.15) is 16.1 Å². The topological polar surface area (TPSA) is 75.7 Å². The molecule has 3 rings (SSSR count). The number of nitrogens with zero attached hydrogens (tertiary/aromatic N) is 1. The highest BCUT2D eigenvalue weighted by atomic mass is 16.6. The first-order valence-electron chi connectivity index (χ1n) is 6.19. The Balaban J connectivity index is 1.68. The minimum Gasteiger partial charge on any atom is -0.486 e. The van der Waals surface area contributed by atoms with Gasteiger partial charge in [-0.25, -0.2) is 5.43 Å². The van der Waals surface area contributed by atoms with Gasteiger partial charge < -0.3 is 14.5 Å². The van der Waals surface area contributed by atoms with Crippen LogP contribution < -0.4 is 14.9 Å². The highest BCUT2D eigenvalue weighted by Crippen LogP contribution is 2.30. The lowest BCUT2D eigenvalue weighted by Gasteiger charge is -2.18. The fourth-order valence-corrected chi connectivity index (χ4v) is 1.83. The van der Waals surface area contributed by atoms with Crippen molar-refractivity contribution in [3.8, 4) is 11.5 Å². The van der Waals surface area contributed by atoms with E-state index in [1.54, 1.807) is 24.4 Å². The van der Waals surface area contributed by atoms with Crippen LogP contribution in [0.15, 0.2) is 41.6 Å². The Morgan fingerprint density at radius 3 is 2.90 bits per heavy atom. The molecule has 0 radical (unpaired) electrons. The van der Waals surface area contributed by atoms with Gasteiger partial charge in [0.15, 0.2) is 11.5 Å². The summed E-state index contributed by atoms with van der Waals surface area (Å²) in [5, 5.41) is 3.87. The van der Waals surface area contributed by atoms with E-state index in [-0.39, 0.29) is 5.91 Å². The molecule has 0 bridgehead atoms. The number of benzene rings is 1. The van der Waals surface area contributed by atoms with Crippen molar-refractivity contribution in [2.24, 2.45) is 5.10 Å². The van der Waals surface area contributed by atoms with Gasteiger partial charge in [0.25, 0.3) is 5.91 Å². The van der Waals surface area contributed by atoms with E-state index < -0.39 is 0 Å². The summed E-state index contributed by atoms with van der Waals surface area (Å²) in [4.78, 5) is 14.9. The Kier molecular flexibility index (Phi) is 3.36. The van der Waals surface area contributed by atoms with Crippen LogP contribution in [0.5, 0.6) is 11.5 Å². The van der Waals surface area contributed by atoms with Gasteiger partial charge in [-0.1, -0.05) is 0 Å². The SMILES string of the molecule is O=C(N/N=C\c1ccc[nH]1)c1ccc2c(c1)OCCO2. The number of aromatic nitrogens is 1. The van der Waals surface area contributed by atoms with E-state index >= 15 is 0 Å². The molecule has 0 aliphatic carbocycles. The van der Waals surface area contributed by atoms with Crippen molar-refractivity contribution in [3.63, 3.8) is 0 Å². The van der Waals surface area contributed by atoms with Crippen LogP contribution in [0.4, 0.5) is 0 Å². The molecule has 2 heterocycles. The molecule has 0 saturated carbocycles. The van der Waals surface area contributed by atoms with Crippen LogP contribution in [0.2, 0.25) is 0 Å². The normalized spacial score (nSPS) is 13.4. The Hall–Kier alpha value is -2.76. The van der Waals surface area contributed by atoms with Gasteiger partial charge in [0.2, 0.25) is 0 Å². The highest BCUT2D eigenvalue weighted by molar-refractivity contribution is 5.95. The van der Waals surface area contributed by atoms with E-state index in [4.69, 9.17) is 9.47 Å². The second-order valence-corrected chi connectivity index (χ2v) is 4.18. The molecule has 0 saturated heterocycles. The van der Waals surface area contributed by atoms with Crippen molar-refractivity contribution in [3.05, 3.63) is 47.8 Å². The molecule has 6 nitrogen and oxygen atoms in total. The third-order valence-electron chi connectivity index (χ3n) is 2.80. The van der Waals surface area contributed by atoms with Gasteiger partial charge in [0, 0.05) is 11.8 Å². The molecular weight excluding hydrogens is 258 g/mol. The average Bonchev–Trinajstić information content (AvgIpc) is 3.00. The van der Waals surface area contributed by atoms with E-state index in [9.17, 15) is 4.79 Å². The summed E-state index contributed by atoms with van der Waals surface area (Å²) in [7, 11) is 0. The molecule has 0 unspecified atom stereocenters. The van der Waals surface area contributed by atoms with Crippen LogP contribution in [0.3, 0.4) is 0 Å². The number of rotatable bonds is 3. The maximum atomic E-state index is 11.9. The maximum absolute atomic E-state index is 11.9. The Morgan fingerprint density at radius 1 is 1.25 bits per heavy atom. The quantitative estimate of drug-likeness (QED) is 0.657. The molecule has 2 N–H and O–H groups in total. The van der Waals surface area contributed by atoms with E-state index in [2.05, 4.69) is 15.5 Å². The Morgan fingerprint density at radius 2 is 2.10 bits per heavy atom. The number of hydrazone groups is 1. The van der Waals surface area contributed by atoms with Crippen molar-refractivity contribution in [2.75, 3.05) is 13.2 Å². The molecule has 2 aromatic rings. The van der Waals surface area contributed by atoms with Crippen molar-refractivity contribution in [1.29, 1.82) is 0 Å². The molecular formula is C14H13N3O3. The number of aromatic amines is 1. The van der Waals surface area contributed by atoms with Crippen LogP contribution in [0.25, 0.3) is 0 Å². The van der Waals surface area contributed by atoms with Crippen molar-refractivity contribution in [1.82, 2.24) is 10.4 Å². The van der Waals surface area contributed by atoms with Gasteiger partial charge in [-0.2, -0.15) is 5.10 Å². The van der Waals surface area contributed by atoms with Crippen molar-refractivity contribution < 1.29 is 14.3 Å². The van der Waals surface area contributed by atoms with Gasteiger partial charge in [-0.15, -0.1) is 0 Å². The number of H-pyrrole nitrogens is 1. The number of carbonyl (C=O) groups is 1. The standard InChI is InChI=1S/C14H13N3O3/c18-14(17-16-9-11-2-1-5-15-11)10-3-4-12-13(8-10)20-7-6-19-12/h1-5,8-9,15H,6-7H2,(H,17,18)/b16-9-. The summed E-state index contributed by atoms with van der Waals surface area (Å²) >= 11 is 0. The van der Waals surface area contributed by atoms with Gasteiger partial charge in [0.05, 0.1) is 11.9 Å². The number of fused-ring (bicyclic) bond motifs is 1. The Bertz CT molecular complexity index is 635. The summed E-state index contributed by atoms with van der Waals surface area (Å²) in [5.41, 5.74) is 3.74. The lowest BCUT2D eigenvalue weighted by atomic mass is 10.2. The molecule has 0 spiro atoms. The average molecular weight is 271 g/mol. The summed E-state index contributed by atoms with van der Waals surface area (Å²) in [6, 6.07) is 8.74. The molecule has 0 fully saturated rings. The predicted octanol–water partition coefficient (Wildman–Crippen LogP) is 1.55. The number of carbonyl (C=O) groups excluding carboxylic acids is 1. The second kappa shape index (κ2) is 5.48. The van der Waals surface area contributed by atoms with E-state index in [1.165, 1.54) is 6.21 Å². The van der Waals surface area contributed by atoms with Crippen molar-refractivity contribution in [2.45, 2.75) is 0 Å². The fraction of sp³-hybridized carbons (Fsp3) is 0.143. The molecule has 1 aromatic heterocycles. The summed E-state index contributed by atoms with van der Waals surface area (Å²) < 4.78 is 10.8. The minimum atomic E-state index is -0.301. The maximum Gasteiger partial charge on any atom is 0.271 e. The van der Waals surface area contributed by atoms with E-state index in [1.807, 2.05) is 12.1 Å². The molecule has 1 amide bonds. The number of nitrogens with one attached hydrogen (secondary N) is 2. The summed E-state index contributed by atoms with van der Waals surface area (Å²) in [5.74, 6) is 0.935. The highest BCUT2D eigenvalue weighted by Gasteiger charge is 2.14. The predicted molar refractivity (Wildman–Crippen MR) is 73.3 cm³/mol. The van der Waals surface area contributed by atoms with Gasteiger partial charge in [-0.05, 0) is 30.3 Å². The molecule has 6 heteroatoms. The first kappa shape index (κ1) is 12.3. The molecule has 1 aliphatic rings. The monoisotopic (exact) mass is 271 g/mol. The minimum absolute atomic E-state index is 0.301. The van der Waals surface area contributed by atoms with Crippen LogP contribution in [0, 0.1) is 0 Å². The van der Waals surface area contributed by atoms with E-state index in [0.717, 1.165) is 5.69 Å². The largest absolute Gasteiger partial charge is 0.486 e. The van der Waals surface area contributed by atoms with Crippen LogP contribution in [-0.4, -0.2) is 30.3 Å². The lowest BCUT2D eigenvalue weighted by molar-refractivity contribution is 0.0954. The summed E-state index contributed by atoms with van der Waals surface area (Å²) in [6.07, 6.45) is 3.32.